The second kappa shape index (κ2) is 7.46. The molecule has 0 bridgehead atoms. The van der Waals surface area contributed by atoms with Crippen molar-refractivity contribution in [2.45, 2.75) is 31.9 Å². The summed E-state index contributed by atoms with van der Waals surface area (Å²) in [5.74, 6) is -1.29. The van der Waals surface area contributed by atoms with Gasteiger partial charge in [-0.2, -0.15) is 26.3 Å². The van der Waals surface area contributed by atoms with Gasteiger partial charge in [-0.1, -0.05) is 0 Å². The first-order chi connectivity index (χ1) is 9.31. The lowest BCUT2D eigenvalue weighted by Gasteiger charge is -2.24. The number of hydrogen-bond donors (Lipinski definition) is 0. The van der Waals surface area contributed by atoms with Crippen LogP contribution in [0.5, 0.6) is 0 Å². The number of rotatable bonds is 7. The Morgan fingerprint density at radius 3 is 1.71 bits per heavy atom. The van der Waals surface area contributed by atoms with Gasteiger partial charge in [0.15, 0.2) is 18.9 Å². The van der Waals surface area contributed by atoms with E-state index in [9.17, 15) is 35.7 Å². The van der Waals surface area contributed by atoms with Gasteiger partial charge in [-0.05, 0) is 13.8 Å². The highest BCUT2D eigenvalue weighted by atomic mass is 31.2. The average molecular weight is 346 g/mol. The van der Waals surface area contributed by atoms with E-state index in [0.717, 1.165) is 6.92 Å². The Balaban J connectivity index is 5.06. The van der Waals surface area contributed by atoms with Crippen LogP contribution in [0.15, 0.2) is 0 Å². The molecule has 0 unspecified atom stereocenters. The van der Waals surface area contributed by atoms with Crippen LogP contribution in [0.2, 0.25) is 0 Å². The number of ether oxygens (including phenoxy) is 1. The Bertz CT molecular complexity index is 371. The summed E-state index contributed by atoms with van der Waals surface area (Å²) in [6, 6.07) is 0. The molecule has 1 atom stereocenters. The molecule has 0 aromatic heterocycles. The molecular formula is C9H13F6O5P. The Kier molecular flexibility index (Phi) is 7.17. The second-order valence-electron chi connectivity index (χ2n) is 3.75. The molecule has 0 saturated carbocycles. The molecule has 0 N–H and O–H groups in total. The van der Waals surface area contributed by atoms with Crippen molar-refractivity contribution < 1.29 is 49.5 Å². The van der Waals surface area contributed by atoms with E-state index in [0.29, 0.717) is 0 Å². The van der Waals surface area contributed by atoms with E-state index < -0.39 is 44.8 Å². The highest BCUT2D eigenvalue weighted by Crippen LogP contribution is 2.54. The topological polar surface area (TPSA) is 61.8 Å². The predicted molar refractivity (Wildman–Crippen MR) is 57.7 cm³/mol. The van der Waals surface area contributed by atoms with Gasteiger partial charge in [0.2, 0.25) is 0 Å². The highest BCUT2D eigenvalue weighted by molar-refractivity contribution is 7.55. The lowest BCUT2D eigenvalue weighted by molar-refractivity contribution is -0.167. The van der Waals surface area contributed by atoms with Crippen LogP contribution >= 0.6 is 7.60 Å². The molecule has 0 aliphatic rings. The largest absolute Gasteiger partial charge is 0.465 e. The summed E-state index contributed by atoms with van der Waals surface area (Å²) in [5, 5.41) is 0. The molecule has 0 saturated heterocycles. The molecule has 0 heterocycles. The van der Waals surface area contributed by atoms with Crippen molar-refractivity contribution >= 4 is 13.6 Å². The SMILES string of the molecule is CCOC(=O)[C@@H](C)P(=O)(OCC(F)(F)F)OCC(F)(F)F. The number of alkyl halides is 6. The first-order valence-corrected chi connectivity index (χ1v) is 7.11. The van der Waals surface area contributed by atoms with Gasteiger partial charge in [0.25, 0.3) is 0 Å². The van der Waals surface area contributed by atoms with Gasteiger partial charge < -0.3 is 4.74 Å². The molecule has 0 amide bonds. The van der Waals surface area contributed by atoms with Crippen LogP contribution in [0.3, 0.4) is 0 Å². The van der Waals surface area contributed by atoms with Gasteiger partial charge in [-0.3, -0.25) is 18.4 Å². The minimum Gasteiger partial charge on any atom is -0.465 e. The van der Waals surface area contributed by atoms with E-state index in [-0.39, 0.29) is 6.61 Å². The fourth-order valence-electron chi connectivity index (χ4n) is 0.979. The first-order valence-electron chi connectivity index (χ1n) is 5.49. The molecule has 126 valence electrons. The van der Waals surface area contributed by atoms with Crippen molar-refractivity contribution in [1.29, 1.82) is 0 Å². The van der Waals surface area contributed by atoms with Gasteiger partial charge in [-0.15, -0.1) is 0 Å². The van der Waals surface area contributed by atoms with Crippen molar-refractivity contribution in [1.82, 2.24) is 0 Å². The minimum absolute atomic E-state index is 0.207. The number of carbonyl (C=O) groups excluding carboxylic acids is 1. The Morgan fingerprint density at radius 1 is 1.05 bits per heavy atom. The van der Waals surface area contributed by atoms with Crippen molar-refractivity contribution in [3.63, 3.8) is 0 Å². The molecule has 0 aliphatic carbocycles. The lowest BCUT2D eigenvalue weighted by Crippen LogP contribution is -2.27. The van der Waals surface area contributed by atoms with Crippen LogP contribution in [0.1, 0.15) is 13.8 Å². The normalized spacial score (nSPS) is 14.9. The summed E-state index contributed by atoms with van der Waals surface area (Å²) < 4.78 is 96.4. The molecule has 0 rings (SSSR count). The summed E-state index contributed by atoms with van der Waals surface area (Å²) in [4.78, 5) is 11.3. The Hall–Kier alpha value is -0.800. The third-order valence-corrected chi connectivity index (χ3v) is 4.06. The summed E-state index contributed by atoms with van der Waals surface area (Å²) >= 11 is 0. The molecule has 0 spiro atoms. The van der Waals surface area contributed by atoms with Crippen LogP contribution in [0.25, 0.3) is 0 Å². The molecule has 0 aromatic carbocycles. The molecule has 0 aromatic rings. The van der Waals surface area contributed by atoms with Crippen LogP contribution in [0.4, 0.5) is 26.3 Å². The monoisotopic (exact) mass is 346 g/mol. The quantitative estimate of drug-likeness (QED) is 0.402. The zero-order valence-corrected chi connectivity index (χ0v) is 11.8. The molecule has 0 radical (unpaired) electrons. The molecule has 5 nitrogen and oxygen atoms in total. The van der Waals surface area contributed by atoms with Crippen LogP contribution < -0.4 is 0 Å². The van der Waals surface area contributed by atoms with E-state index in [1.165, 1.54) is 6.92 Å². The maximum Gasteiger partial charge on any atom is 0.412 e. The molecular weight excluding hydrogens is 333 g/mol. The summed E-state index contributed by atoms with van der Waals surface area (Å²) in [6.45, 7) is -2.30. The summed E-state index contributed by atoms with van der Waals surface area (Å²) in [6.07, 6.45) is -9.91. The minimum atomic E-state index is -5.00. The number of hydrogen-bond acceptors (Lipinski definition) is 5. The molecule has 0 aliphatic heterocycles. The standard InChI is InChI=1S/C9H13F6O5P/c1-3-18-7(16)6(2)21(17,19-4-8(10,11)12)20-5-9(13,14)15/h6H,3-5H2,1-2H3/t6-/m1/s1. The summed E-state index contributed by atoms with van der Waals surface area (Å²) in [7, 11) is -5.00. The van der Waals surface area contributed by atoms with Crippen LogP contribution in [0, 0.1) is 0 Å². The summed E-state index contributed by atoms with van der Waals surface area (Å²) in [5.41, 5.74) is -1.93. The second-order valence-corrected chi connectivity index (χ2v) is 6.12. The third-order valence-electron chi connectivity index (χ3n) is 1.92. The van der Waals surface area contributed by atoms with Gasteiger partial charge in [-0.25, -0.2) is 0 Å². The fraction of sp³-hybridized carbons (Fsp3) is 0.889. The van der Waals surface area contributed by atoms with Gasteiger partial charge in [0.05, 0.1) is 6.61 Å². The van der Waals surface area contributed by atoms with E-state index >= 15 is 0 Å². The van der Waals surface area contributed by atoms with Crippen LogP contribution in [-0.4, -0.2) is 43.8 Å². The van der Waals surface area contributed by atoms with Gasteiger partial charge >= 0.3 is 25.9 Å². The highest BCUT2D eigenvalue weighted by Gasteiger charge is 2.45. The first kappa shape index (κ1) is 20.2. The van der Waals surface area contributed by atoms with Crippen molar-refractivity contribution in [2.24, 2.45) is 0 Å². The number of halogens is 6. The van der Waals surface area contributed by atoms with Gasteiger partial charge in [0, 0.05) is 0 Å². The maximum absolute atomic E-state index is 12.0. The van der Waals surface area contributed by atoms with Gasteiger partial charge in [0.1, 0.15) is 0 Å². The predicted octanol–water partition coefficient (Wildman–Crippen LogP) is 3.29. The maximum atomic E-state index is 12.0. The Labute approximate surface area is 116 Å². The molecule has 21 heavy (non-hydrogen) atoms. The Morgan fingerprint density at radius 2 is 1.43 bits per heavy atom. The molecule has 0 fully saturated rings. The fourth-order valence-corrected chi connectivity index (χ4v) is 2.49. The smallest absolute Gasteiger partial charge is 0.412 e. The van der Waals surface area contributed by atoms with E-state index in [4.69, 9.17) is 0 Å². The van der Waals surface area contributed by atoms with Crippen molar-refractivity contribution in [3.05, 3.63) is 0 Å². The third kappa shape index (κ3) is 8.27. The van der Waals surface area contributed by atoms with E-state index in [2.05, 4.69) is 13.8 Å². The van der Waals surface area contributed by atoms with E-state index in [1.54, 1.807) is 0 Å². The van der Waals surface area contributed by atoms with Crippen molar-refractivity contribution in [2.75, 3.05) is 19.8 Å². The van der Waals surface area contributed by atoms with Crippen molar-refractivity contribution in [3.8, 4) is 0 Å². The lowest BCUT2D eigenvalue weighted by atomic mass is 10.5. The number of carbonyl (C=O) groups is 1. The average Bonchev–Trinajstić information content (AvgIpc) is 2.31. The van der Waals surface area contributed by atoms with Crippen LogP contribution in [-0.2, 0) is 23.1 Å². The zero-order chi connectivity index (χ0) is 16.9. The molecule has 12 heteroatoms. The number of esters is 1. The zero-order valence-electron chi connectivity index (χ0n) is 11.0. The van der Waals surface area contributed by atoms with E-state index in [1.807, 2.05) is 0 Å².